The van der Waals surface area contributed by atoms with Gasteiger partial charge in [-0.3, -0.25) is 0 Å². The lowest BCUT2D eigenvalue weighted by molar-refractivity contribution is -0.252. The third-order valence-electron chi connectivity index (χ3n) is 6.16. The van der Waals surface area contributed by atoms with Gasteiger partial charge in [-0.25, -0.2) is 9.48 Å². The second kappa shape index (κ2) is 11.2. The van der Waals surface area contributed by atoms with Gasteiger partial charge < -0.3 is 20.5 Å². The molecule has 3 N–H and O–H groups in total. The highest BCUT2D eigenvalue weighted by Crippen LogP contribution is 2.32. The first-order chi connectivity index (χ1) is 18.1. The fourth-order valence-electron chi connectivity index (χ4n) is 4.00. The topological polar surface area (TPSA) is 88.4 Å². The lowest BCUT2D eigenvalue weighted by atomic mass is 10.0. The minimum absolute atomic E-state index is 0.165. The number of nitrogens with zero attached hydrogens (tertiary/aromatic N) is 2. The zero-order valence-corrected chi connectivity index (χ0v) is 21.0. The number of carbonyl (C=O) groups excluding carboxylic acids is 1. The number of alkyl halides is 3. The number of esters is 1. The number of nitrogens with one attached hydrogen (secondary N) is 2. The molecule has 1 aromatic heterocycles. The molecule has 1 heterocycles. The maximum absolute atomic E-state index is 13.6. The van der Waals surface area contributed by atoms with Gasteiger partial charge >= 0.3 is 12.1 Å². The fourth-order valence-corrected chi connectivity index (χ4v) is 4.00. The van der Waals surface area contributed by atoms with Crippen molar-refractivity contribution in [2.24, 2.45) is 0 Å². The molecule has 1 unspecified atom stereocenters. The summed E-state index contributed by atoms with van der Waals surface area (Å²) in [7, 11) is 0. The number of rotatable bonds is 10. The maximum atomic E-state index is 13.6. The Morgan fingerprint density at radius 3 is 2.42 bits per heavy atom. The van der Waals surface area contributed by atoms with Crippen molar-refractivity contribution in [1.29, 1.82) is 0 Å². The van der Waals surface area contributed by atoms with Crippen LogP contribution in [0.3, 0.4) is 0 Å². The normalized spacial score (nSPS) is 13.3. The third kappa shape index (κ3) is 5.98. The molecule has 0 aliphatic carbocycles. The summed E-state index contributed by atoms with van der Waals surface area (Å²) in [5.74, 6) is -0.456. The molecule has 0 saturated heterocycles. The summed E-state index contributed by atoms with van der Waals surface area (Å²) in [6.07, 6.45) is -3.27. The molecule has 0 saturated carbocycles. The van der Waals surface area contributed by atoms with Gasteiger partial charge in [-0.05, 0) is 61.0 Å². The van der Waals surface area contributed by atoms with Crippen molar-refractivity contribution in [1.82, 2.24) is 15.1 Å². The number of benzene rings is 3. The largest absolute Gasteiger partial charge is 0.457 e. The molecule has 4 aromatic rings. The molecule has 200 valence electrons. The summed E-state index contributed by atoms with van der Waals surface area (Å²) < 4.78 is 47.8. The minimum atomic E-state index is -4.82. The first-order valence-corrected chi connectivity index (χ1v) is 12.1. The van der Waals surface area contributed by atoms with Crippen molar-refractivity contribution in [3.63, 3.8) is 0 Å². The Labute approximate surface area is 218 Å². The lowest BCUT2D eigenvalue weighted by Gasteiger charge is -2.31. The van der Waals surface area contributed by atoms with Gasteiger partial charge in [0, 0.05) is 17.6 Å². The van der Waals surface area contributed by atoms with Crippen LogP contribution in [0.5, 0.6) is 0 Å². The number of ether oxygens (including phenoxy) is 1. The summed E-state index contributed by atoms with van der Waals surface area (Å²) in [5, 5.41) is 20.7. The summed E-state index contributed by atoms with van der Waals surface area (Å²) >= 11 is 0. The van der Waals surface area contributed by atoms with Crippen LogP contribution < -0.4 is 10.6 Å². The molecule has 0 radical (unpaired) electrons. The van der Waals surface area contributed by atoms with E-state index in [1.165, 1.54) is 0 Å². The Balaban J connectivity index is 1.53. The number of aliphatic hydroxyl groups is 1. The van der Waals surface area contributed by atoms with Gasteiger partial charge in [0.05, 0.1) is 29.5 Å². The first kappa shape index (κ1) is 27.2. The summed E-state index contributed by atoms with van der Waals surface area (Å²) in [4.78, 5) is 12.4. The number of likely N-dealkylation sites (N-methyl/N-ethyl adjacent to an activating group) is 1. The van der Waals surface area contributed by atoms with E-state index in [0.29, 0.717) is 34.4 Å². The molecular weight excluding hydrogens is 497 g/mol. The highest BCUT2D eigenvalue weighted by Gasteiger charge is 2.53. The van der Waals surface area contributed by atoms with E-state index in [1.54, 1.807) is 48.1 Å². The fraction of sp³-hybridized carbons (Fsp3) is 0.286. The van der Waals surface area contributed by atoms with E-state index in [1.807, 2.05) is 43.3 Å². The Morgan fingerprint density at radius 1 is 1.05 bits per heavy atom. The molecule has 10 heteroatoms. The molecule has 3 aromatic carbocycles. The molecule has 0 amide bonds. The predicted molar refractivity (Wildman–Crippen MR) is 139 cm³/mol. The Hall–Kier alpha value is -3.89. The predicted octanol–water partition coefficient (Wildman–Crippen LogP) is 5.01. The van der Waals surface area contributed by atoms with E-state index >= 15 is 0 Å². The number of anilines is 1. The zero-order chi connectivity index (χ0) is 27.3. The maximum Gasteiger partial charge on any atom is 0.420 e. The SMILES string of the molecule is CCNCC(O)(CNc1cc(C)cc2c1cnn2-c1ccc(C(=O)OCc2ccccc2)cc1)C(F)(F)F. The molecule has 38 heavy (non-hydrogen) atoms. The number of fused-ring (bicyclic) bond motifs is 1. The summed E-state index contributed by atoms with van der Waals surface area (Å²) in [6, 6.07) is 19.7. The monoisotopic (exact) mass is 526 g/mol. The molecule has 0 fully saturated rings. The van der Waals surface area contributed by atoms with E-state index in [4.69, 9.17) is 4.74 Å². The van der Waals surface area contributed by atoms with Crippen molar-refractivity contribution in [3.8, 4) is 5.69 Å². The Kier molecular flexibility index (Phi) is 8.03. The second-order valence-corrected chi connectivity index (χ2v) is 9.07. The van der Waals surface area contributed by atoms with Crippen LogP contribution >= 0.6 is 0 Å². The van der Waals surface area contributed by atoms with E-state index in [9.17, 15) is 23.1 Å². The summed E-state index contributed by atoms with van der Waals surface area (Å²) in [5.41, 5.74) is 0.864. The smallest absolute Gasteiger partial charge is 0.420 e. The average molecular weight is 527 g/mol. The van der Waals surface area contributed by atoms with Gasteiger partial charge in [-0.15, -0.1) is 0 Å². The Morgan fingerprint density at radius 2 is 1.76 bits per heavy atom. The standard InChI is InChI=1S/C28H29F3N4O3/c1-3-32-17-27(37,28(29,30)31)18-33-24-13-19(2)14-25-23(24)15-34-35(25)22-11-9-21(10-12-22)26(36)38-16-20-7-5-4-6-8-20/h4-15,32-33,37H,3,16-18H2,1-2H3. The van der Waals surface area contributed by atoms with Gasteiger partial charge in [-0.1, -0.05) is 37.3 Å². The molecular formula is C28H29F3N4O3. The number of carbonyl (C=O) groups is 1. The van der Waals surface area contributed by atoms with E-state index in [0.717, 1.165) is 11.1 Å². The van der Waals surface area contributed by atoms with Gasteiger partial charge in [0.2, 0.25) is 0 Å². The van der Waals surface area contributed by atoms with Crippen LogP contribution in [-0.4, -0.2) is 52.3 Å². The Bertz CT molecular complexity index is 1390. The average Bonchev–Trinajstić information content (AvgIpc) is 3.33. The van der Waals surface area contributed by atoms with E-state index in [-0.39, 0.29) is 6.61 Å². The van der Waals surface area contributed by atoms with Gasteiger partial charge in [0.1, 0.15) is 6.61 Å². The van der Waals surface area contributed by atoms with Crippen LogP contribution in [0.15, 0.2) is 72.9 Å². The number of halogens is 3. The van der Waals surface area contributed by atoms with Crippen molar-refractivity contribution in [3.05, 3.63) is 89.6 Å². The molecule has 0 aliphatic rings. The zero-order valence-electron chi connectivity index (χ0n) is 21.0. The van der Waals surface area contributed by atoms with Crippen molar-refractivity contribution in [2.75, 3.05) is 25.0 Å². The minimum Gasteiger partial charge on any atom is -0.457 e. The number of hydrogen-bond donors (Lipinski definition) is 3. The number of hydrogen-bond acceptors (Lipinski definition) is 6. The molecule has 4 rings (SSSR count). The lowest BCUT2D eigenvalue weighted by Crippen LogP contribution is -2.57. The highest BCUT2D eigenvalue weighted by atomic mass is 19.4. The highest BCUT2D eigenvalue weighted by molar-refractivity contribution is 5.93. The van der Waals surface area contributed by atoms with E-state index < -0.39 is 30.8 Å². The summed E-state index contributed by atoms with van der Waals surface area (Å²) in [6.45, 7) is 2.59. The second-order valence-electron chi connectivity index (χ2n) is 9.07. The van der Waals surface area contributed by atoms with E-state index in [2.05, 4.69) is 15.7 Å². The molecule has 0 spiro atoms. The third-order valence-corrected chi connectivity index (χ3v) is 6.16. The van der Waals surface area contributed by atoms with Crippen LogP contribution in [0.25, 0.3) is 16.6 Å². The van der Waals surface area contributed by atoms with Crippen LogP contribution in [0.2, 0.25) is 0 Å². The van der Waals surface area contributed by atoms with Crippen molar-refractivity contribution in [2.45, 2.75) is 32.2 Å². The molecule has 0 bridgehead atoms. The van der Waals surface area contributed by atoms with Gasteiger partial charge in [0.15, 0.2) is 5.60 Å². The van der Waals surface area contributed by atoms with Crippen molar-refractivity contribution < 1.29 is 27.8 Å². The van der Waals surface area contributed by atoms with Crippen LogP contribution in [0.4, 0.5) is 18.9 Å². The van der Waals surface area contributed by atoms with Crippen LogP contribution in [0, 0.1) is 6.92 Å². The van der Waals surface area contributed by atoms with Gasteiger partial charge in [0.25, 0.3) is 0 Å². The number of aryl methyl sites for hydroxylation is 1. The molecule has 1 atom stereocenters. The number of aromatic nitrogens is 2. The van der Waals surface area contributed by atoms with Crippen LogP contribution in [0.1, 0.15) is 28.4 Å². The molecule has 7 nitrogen and oxygen atoms in total. The van der Waals surface area contributed by atoms with Gasteiger partial charge in [-0.2, -0.15) is 18.3 Å². The van der Waals surface area contributed by atoms with Crippen molar-refractivity contribution >= 4 is 22.6 Å². The van der Waals surface area contributed by atoms with Crippen LogP contribution in [-0.2, 0) is 11.3 Å². The molecule has 0 aliphatic heterocycles. The quantitative estimate of drug-likeness (QED) is 0.252. The first-order valence-electron chi connectivity index (χ1n) is 12.1.